The number of amides is 1. The Hall–Kier alpha value is -2.79. The largest absolute Gasteiger partial charge is 0.351 e. The minimum atomic E-state index is -0.142. The molecule has 1 unspecified atom stereocenters. The van der Waals surface area contributed by atoms with E-state index in [1.165, 1.54) is 4.90 Å². The molecule has 1 spiro atoms. The number of piperidine rings is 1. The van der Waals surface area contributed by atoms with Gasteiger partial charge in [-0.3, -0.25) is 9.59 Å². The van der Waals surface area contributed by atoms with Gasteiger partial charge in [0.15, 0.2) is 5.78 Å². The number of aromatic amines is 1. The van der Waals surface area contributed by atoms with Crippen molar-refractivity contribution in [1.29, 1.82) is 0 Å². The molecule has 2 aromatic carbocycles. The average molecular weight is 401 g/mol. The van der Waals surface area contributed by atoms with Gasteiger partial charge in [0, 0.05) is 45.1 Å². The number of benzene rings is 2. The highest BCUT2D eigenvalue weighted by Crippen LogP contribution is 2.66. The van der Waals surface area contributed by atoms with Gasteiger partial charge in [0.25, 0.3) is 5.91 Å². The molecule has 144 valence electrons. The Kier molecular flexibility index (Phi) is 3.46. The fourth-order valence-electron chi connectivity index (χ4n) is 5.21. The lowest BCUT2D eigenvalue weighted by atomic mass is 9.81. The van der Waals surface area contributed by atoms with Crippen LogP contribution in [0, 0.1) is 5.92 Å². The highest BCUT2D eigenvalue weighted by atomic mass is 32.2. The van der Waals surface area contributed by atoms with Crippen molar-refractivity contribution >= 4 is 34.4 Å². The van der Waals surface area contributed by atoms with E-state index in [0.29, 0.717) is 18.2 Å². The molecule has 2 fully saturated rings. The van der Waals surface area contributed by atoms with Crippen LogP contribution in [0.25, 0.3) is 10.9 Å². The van der Waals surface area contributed by atoms with Crippen molar-refractivity contribution in [3.8, 4) is 0 Å². The Labute approximate surface area is 173 Å². The first kappa shape index (κ1) is 17.1. The zero-order valence-corrected chi connectivity index (χ0v) is 16.9. The molecule has 2 heterocycles. The second kappa shape index (κ2) is 5.86. The number of nitrogens with zero attached hydrogens (tertiary/aromatic N) is 1. The first-order valence-electron chi connectivity index (χ1n) is 10.1. The van der Waals surface area contributed by atoms with Gasteiger partial charge in [-0.25, -0.2) is 0 Å². The number of rotatable bonds is 3. The molecule has 6 rings (SSSR count). The molecular weight excluding hydrogens is 380 g/mol. The number of likely N-dealkylation sites (tertiary alicyclic amines) is 1. The average Bonchev–Trinajstić information content (AvgIpc) is 3.12. The Morgan fingerprint density at radius 2 is 2.10 bits per heavy atom. The van der Waals surface area contributed by atoms with Gasteiger partial charge < -0.3 is 9.88 Å². The number of carbonyl (C=O) groups is 2. The Bertz CT molecular complexity index is 1240. The molecule has 1 amide bonds. The SMILES string of the molecule is CCSc1ccc2[nH]c(C(=O)N3C[C@H]4CC45C3=CC(=O)c3ccccc35)cc2c1. The molecule has 1 aromatic heterocycles. The van der Waals surface area contributed by atoms with E-state index in [0.717, 1.165) is 39.9 Å². The van der Waals surface area contributed by atoms with Gasteiger partial charge >= 0.3 is 0 Å². The van der Waals surface area contributed by atoms with Crippen LogP contribution in [-0.4, -0.2) is 33.9 Å². The second-order valence-corrected chi connectivity index (χ2v) is 9.43. The van der Waals surface area contributed by atoms with Crippen molar-refractivity contribution in [3.05, 3.63) is 77.1 Å². The van der Waals surface area contributed by atoms with E-state index in [1.54, 1.807) is 17.8 Å². The topological polar surface area (TPSA) is 53.2 Å². The lowest BCUT2D eigenvalue weighted by molar-refractivity contribution is 0.0806. The Balaban J connectivity index is 1.38. The molecule has 0 bridgehead atoms. The van der Waals surface area contributed by atoms with E-state index < -0.39 is 0 Å². The van der Waals surface area contributed by atoms with E-state index in [1.807, 2.05) is 35.2 Å². The summed E-state index contributed by atoms with van der Waals surface area (Å²) >= 11 is 1.79. The van der Waals surface area contributed by atoms with Crippen molar-refractivity contribution in [2.24, 2.45) is 5.92 Å². The van der Waals surface area contributed by atoms with Crippen LogP contribution in [0.5, 0.6) is 0 Å². The van der Waals surface area contributed by atoms with Crippen LogP contribution in [0.4, 0.5) is 0 Å². The molecule has 1 N–H and O–H groups in total. The second-order valence-electron chi connectivity index (χ2n) is 8.09. The third kappa shape index (κ3) is 2.28. The summed E-state index contributed by atoms with van der Waals surface area (Å²) in [5.41, 5.74) is 4.18. The van der Waals surface area contributed by atoms with Crippen LogP contribution >= 0.6 is 11.8 Å². The number of H-pyrrole nitrogens is 1. The maximum absolute atomic E-state index is 13.4. The molecule has 5 heteroatoms. The molecular formula is C24H20N2O2S. The molecule has 3 aromatic rings. The van der Waals surface area contributed by atoms with E-state index in [4.69, 9.17) is 0 Å². The predicted molar refractivity (Wildman–Crippen MR) is 114 cm³/mol. The van der Waals surface area contributed by atoms with E-state index in [9.17, 15) is 9.59 Å². The van der Waals surface area contributed by atoms with Gasteiger partial charge in [-0.15, -0.1) is 11.8 Å². The smallest absolute Gasteiger partial charge is 0.274 e. The van der Waals surface area contributed by atoms with E-state index in [-0.39, 0.29) is 17.1 Å². The number of ketones is 1. The number of carbonyl (C=O) groups excluding carboxylic acids is 2. The molecule has 1 aliphatic heterocycles. The first-order valence-corrected chi connectivity index (χ1v) is 11.0. The van der Waals surface area contributed by atoms with Gasteiger partial charge in [0.1, 0.15) is 5.69 Å². The quantitative estimate of drug-likeness (QED) is 0.644. The van der Waals surface area contributed by atoms with Crippen molar-refractivity contribution in [2.75, 3.05) is 12.3 Å². The minimum absolute atomic E-state index is 0.00412. The number of nitrogens with one attached hydrogen (secondary N) is 1. The highest BCUT2D eigenvalue weighted by Gasteiger charge is 2.67. The molecule has 29 heavy (non-hydrogen) atoms. The lowest BCUT2D eigenvalue weighted by Gasteiger charge is -2.29. The van der Waals surface area contributed by atoms with Gasteiger partial charge in [-0.1, -0.05) is 31.2 Å². The zero-order chi connectivity index (χ0) is 19.8. The standard InChI is InChI=1S/C24H20N2O2S/c1-2-29-16-7-8-19-14(9-16)10-20(25-19)23(28)26-13-15-12-24(15)18-6-4-3-5-17(18)21(27)11-22(24)26/h3-11,15,25H,2,12-13H2,1H3/t15-,24?/m1/s1. The highest BCUT2D eigenvalue weighted by molar-refractivity contribution is 7.99. The van der Waals surface area contributed by atoms with Crippen LogP contribution in [-0.2, 0) is 5.41 Å². The van der Waals surface area contributed by atoms with E-state index in [2.05, 4.69) is 30.1 Å². The van der Waals surface area contributed by atoms with Gasteiger partial charge in [0.2, 0.25) is 0 Å². The first-order chi connectivity index (χ1) is 14.1. The summed E-state index contributed by atoms with van der Waals surface area (Å²) in [6, 6.07) is 16.1. The van der Waals surface area contributed by atoms with Gasteiger partial charge in [0.05, 0.1) is 0 Å². The summed E-state index contributed by atoms with van der Waals surface area (Å²) in [5, 5.41) is 1.05. The molecule has 4 nitrogen and oxygen atoms in total. The summed E-state index contributed by atoms with van der Waals surface area (Å²) < 4.78 is 0. The molecule has 1 saturated carbocycles. The molecule has 0 radical (unpaired) electrons. The normalized spacial score (nSPS) is 24.2. The van der Waals surface area contributed by atoms with Crippen LogP contribution in [0.2, 0.25) is 0 Å². The summed E-state index contributed by atoms with van der Waals surface area (Å²) in [7, 11) is 0. The summed E-state index contributed by atoms with van der Waals surface area (Å²) in [5.74, 6) is 1.38. The number of hydrogen-bond acceptors (Lipinski definition) is 3. The van der Waals surface area contributed by atoms with Crippen molar-refractivity contribution in [2.45, 2.75) is 23.7 Å². The third-order valence-electron chi connectivity index (χ3n) is 6.58. The Morgan fingerprint density at radius 3 is 2.97 bits per heavy atom. The minimum Gasteiger partial charge on any atom is -0.351 e. The van der Waals surface area contributed by atoms with Crippen molar-refractivity contribution < 1.29 is 9.59 Å². The fraction of sp³-hybridized carbons (Fsp3) is 0.250. The zero-order valence-electron chi connectivity index (χ0n) is 16.1. The van der Waals surface area contributed by atoms with Crippen molar-refractivity contribution in [3.63, 3.8) is 0 Å². The lowest BCUT2D eigenvalue weighted by Crippen LogP contribution is -2.33. The number of allylic oxidation sites excluding steroid dienone is 2. The molecule has 2 atom stereocenters. The van der Waals surface area contributed by atoms with Crippen LogP contribution in [0.1, 0.15) is 39.8 Å². The number of hydrogen-bond donors (Lipinski definition) is 1. The molecule has 2 aliphatic carbocycles. The number of fused-ring (bicyclic) bond motifs is 2. The molecule has 1 saturated heterocycles. The van der Waals surface area contributed by atoms with Crippen molar-refractivity contribution in [1.82, 2.24) is 9.88 Å². The Morgan fingerprint density at radius 1 is 1.24 bits per heavy atom. The maximum atomic E-state index is 13.4. The van der Waals surface area contributed by atoms with Crippen LogP contribution < -0.4 is 0 Å². The summed E-state index contributed by atoms with van der Waals surface area (Å²) in [6.45, 7) is 2.81. The summed E-state index contributed by atoms with van der Waals surface area (Å²) in [6.07, 6.45) is 2.73. The van der Waals surface area contributed by atoms with E-state index >= 15 is 0 Å². The fourth-order valence-corrected chi connectivity index (χ4v) is 5.91. The maximum Gasteiger partial charge on any atom is 0.274 e. The monoisotopic (exact) mass is 400 g/mol. The van der Waals surface area contributed by atoms with Gasteiger partial charge in [-0.2, -0.15) is 0 Å². The number of aromatic nitrogens is 1. The van der Waals surface area contributed by atoms with Crippen LogP contribution in [0.15, 0.2) is 65.2 Å². The summed E-state index contributed by atoms with van der Waals surface area (Å²) in [4.78, 5) is 32.4. The third-order valence-corrected chi connectivity index (χ3v) is 7.45. The van der Waals surface area contributed by atoms with Gasteiger partial charge in [-0.05, 0) is 47.9 Å². The predicted octanol–water partition coefficient (Wildman–Crippen LogP) is 4.77. The van der Waals surface area contributed by atoms with Crippen LogP contribution in [0.3, 0.4) is 0 Å². The molecule has 3 aliphatic rings. The number of thioether (sulfide) groups is 1.